The Kier molecular flexibility index (Phi) is 7.68. The third-order valence-electron chi connectivity index (χ3n) is 5.85. The van der Waals surface area contributed by atoms with E-state index in [0.717, 1.165) is 11.0 Å². The van der Waals surface area contributed by atoms with Gasteiger partial charge in [0.25, 0.3) is 0 Å². The molecule has 1 aliphatic carbocycles. The van der Waals surface area contributed by atoms with Crippen molar-refractivity contribution in [3.8, 4) is 17.2 Å². The van der Waals surface area contributed by atoms with Crippen molar-refractivity contribution in [3.05, 3.63) is 86.1 Å². The predicted octanol–water partition coefficient (Wildman–Crippen LogP) is 6.76. The van der Waals surface area contributed by atoms with Gasteiger partial charge in [-0.1, -0.05) is 23.9 Å². The van der Waals surface area contributed by atoms with Crippen molar-refractivity contribution in [2.24, 2.45) is 5.92 Å². The summed E-state index contributed by atoms with van der Waals surface area (Å²) >= 11 is 1.27. The van der Waals surface area contributed by atoms with Crippen molar-refractivity contribution < 1.29 is 32.2 Å². The van der Waals surface area contributed by atoms with Gasteiger partial charge in [0.1, 0.15) is 17.2 Å². The number of Topliss-reactive ketones (excluding diaryl/α,β-unsaturated/α-hetero) is 1. The second kappa shape index (κ2) is 10.8. The Balaban J connectivity index is 1.55. The SMILES string of the molecule is C/C=C(/Oc1cccc(OC(F)(F)F)c1)S/C(=C\C)C1CC(=O)c2c([nH]c3cc(OC)ccc3c2=O)C1. The quantitative estimate of drug-likeness (QED) is 0.340. The van der Waals surface area contributed by atoms with E-state index in [0.29, 0.717) is 33.9 Å². The van der Waals surface area contributed by atoms with E-state index in [4.69, 9.17) is 9.47 Å². The highest BCUT2D eigenvalue weighted by molar-refractivity contribution is 8.06. The van der Waals surface area contributed by atoms with Crippen molar-refractivity contribution in [2.75, 3.05) is 7.11 Å². The minimum atomic E-state index is -4.81. The zero-order valence-electron chi connectivity index (χ0n) is 20.3. The lowest BCUT2D eigenvalue weighted by Crippen LogP contribution is -2.29. The molecule has 3 aromatic rings. The number of methoxy groups -OCH3 is 1. The maximum atomic E-state index is 13.1. The molecule has 1 N–H and O–H groups in total. The van der Waals surface area contributed by atoms with E-state index in [9.17, 15) is 22.8 Å². The number of ether oxygens (including phenoxy) is 3. The molecule has 1 atom stereocenters. The molecule has 10 heteroatoms. The maximum absolute atomic E-state index is 13.1. The normalized spacial score (nSPS) is 16.5. The molecule has 6 nitrogen and oxygen atoms in total. The first-order chi connectivity index (χ1) is 17.6. The molecule has 1 unspecified atom stereocenters. The number of pyridine rings is 1. The van der Waals surface area contributed by atoms with Gasteiger partial charge in [-0.3, -0.25) is 9.59 Å². The van der Waals surface area contributed by atoms with Crippen LogP contribution in [0.3, 0.4) is 0 Å². The topological polar surface area (TPSA) is 77.6 Å². The lowest BCUT2D eigenvalue weighted by molar-refractivity contribution is -0.274. The molecular weight excluding hydrogens is 507 g/mol. The van der Waals surface area contributed by atoms with Crippen molar-refractivity contribution >= 4 is 28.4 Å². The summed E-state index contributed by atoms with van der Waals surface area (Å²) in [5, 5.41) is 0.848. The average molecular weight is 532 g/mol. The molecule has 1 aromatic heterocycles. The highest BCUT2D eigenvalue weighted by atomic mass is 32.2. The van der Waals surface area contributed by atoms with Crippen LogP contribution in [0.5, 0.6) is 17.2 Å². The van der Waals surface area contributed by atoms with Crippen LogP contribution in [0.4, 0.5) is 13.2 Å². The van der Waals surface area contributed by atoms with Crippen LogP contribution in [0.25, 0.3) is 10.9 Å². The standard InChI is InChI=1S/C27H24F3NO5S/c1-4-23(37-24(5-2)35-17-7-6-8-18(13-17)36-27(28,29)30)15-11-21-25(22(32)12-15)26(33)19-10-9-16(34-3)14-20(19)31-21/h4-10,13-15H,11-12H2,1-3H3,(H,31,33)/b23-4-,24-5-. The molecule has 1 heterocycles. The number of rotatable bonds is 7. The Morgan fingerprint density at radius 2 is 1.78 bits per heavy atom. The zero-order chi connectivity index (χ0) is 26.7. The first kappa shape index (κ1) is 26.4. The van der Waals surface area contributed by atoms with Gasteiger partial charge >= 0.3 is 6.36 Å². The monoisotopic (exact) mass is 531 g/mol. The fraction of sp³-hybridized carbons (Fsp3) is 0.259. The highest BCUT2D eigenvalue weighted by Gasteiger charge is 2.32. The number of ketones is 1. The molecule has 0 bridgehead atoms. The van der Waals surface area contributed by atoms with Crippen LogP contribution < -0.4 is 19.6 Å². The number of nitrogens with one attached hydrogen (secondary N) is 1. The molecule has 2 aromatic carbocycles. The van der Waals surface area contributed by atoms with Gasteiger partial charge in [0, 0.05) is 35.6 Å². The van der Waals surface area contributed by atoms with Crippen LogP contribution in [0.15, 0.2) is 69.4 Å². The zero-order valence-corrected chi connectivity index (χ0v) is 21.1. The number of allylic oxidation sites excluding steroid dienone is 3. The second-order valence-corrected chi connectivity index (χ2v) is 9.35. The van der Waals surface area contributed by atoms with Crippen LogP contribution in [-0.4, -0.2) is 24.2 Å². The maximum Gasteiger partial charge on any atom is 0.573 e. The van der Waals surface area contributed by atoms with E-state index in [2.05, 4.69) is 9.72 Å². The first-order valence-electron chi connectivity index (χ1n) is 11.4. The molecule has 0 amide bonds. The Morgan fingerprint density at radius 1 is 1.03 bits per heavy atom. The van der Waals surface area contributed by atoms with Crippen LogP contribution in [-0.2, 0) is 6.42 Å². The van der Waals surface area contributed by atoms with Gasteiger partial charge < -0.3 is 19.2 Å². The number of carbonyl (C=O) groups is 1. The van der Waals surface area contributed by atoms with Crippen LogP contribution in [0, 0.1) is 5.92 Å². The van der Waals surface area contributed by atoms with Gasteiger partial charge in [0.15, 0.2) is 16.3 Å². The van der Waals surface area contributed by atoms with Crippen molar-refractivity contribution in [1.82, 2.24) is 4.98 Å². The summed E-state index contributed by atoms with van der Waals surface area (Å²) < 4.78 is 52.7. The fourth-order valence-electron chi connectivity index (χ4n) is 4.23. The minimum absolute atomic E-state index is 0.149. The molecule has 4 rings (SSSR count). The number of H-pyrrole nitrogens is 1. The number of halogens is 3. The van der Waals surface area contributed by atoms with Gasteiger partial charge in [0.05, 0.1) is 18.2 Å². The second-order valence-electron chi connectivity index (χ2n) is 8.27. The number of fused-ring (bicyclic) bond motifs is 2. The Hall–Kier alpha value is -3.66. The summed E-state index contributed by atoms with van der Waals surface area (Å²) in [7, 11) is 1.54. The number of aromatic nitrogens is 1. The summed E-state index contributed by atoms with van der Waals surface area (Å²) in [5.41, 5.74) is 1.03. The molecule has 194 valence electrons. The minimum Gasteiger partial charge on any atom is -0.497 e. The molecule has 0 spiro atoms. The van der Waals surface area contributed by atoms with Crippen LogP contribution in [0.2, 0.25) is 0 Å². The Labute approximate surface area is 215 Å². The largest absolute Gasteiger partial charge is 0.573 e. The van der Waals surface area contributed by atoms with Gasteiger partial charge in [-0.15, -0.1) is 13.2 Å². The number of carbonyl (C=O) groups excluding carboxylic acids is 1. The molecular formula is C27H24F3NO5S. The van der Waals surface area contributed by atoms with E-state index in [1.807, 2.05) is 13.0 Å². The molecule has 0 fully saturated rings. The number of hydrogen-bond acceptors (Lipinski definition) is 6. The summed E-state index contributed by atoms with van der Waals surface area (Å²) in [6.45, 7) is 3.57. The Bertz CT molecular complexity index is 1460. The molecule has 1 aliphatic rings. The summed E-state index contributed by atoms with van der Waals surface area (Å²) in [5.74, 6) is -0.0880. The summed E-state index contributed by atoms with van der Waals surface area (Å²) in [4.78, 5) is 30.2. The number of alkyl halides is 3. The lowest BCUT2D eigenvalue weighted by atomic mass is 9.84. The smallest absolute Gasteiger partial charge is 0.497 e. The van der Waals surface area contributed by atoms with E-state index >= 15 is 0 Å². The van der Waals surface area contributed by atoms with E-state index in [1.165, 1.54) is 37.1 Å². The molecule has 0 radical (unpaired) electrons. The van der Waals surface area contributed by atoms with Crippen molar-refractivity contribution in [2.45, 2.75) is 33.1 Å². The van der Waals surface area contributed by atoms with Gasteiger partial charge in [0.2, 0.25) is 0 Å². The average Bonchev–Trinajstić information content (AvgIpc) is 2.85. The summed E-state index contributed by atoms with van der Waals surface area (Å²) in [6.07, 6.45) is -0.675. The van der Waals surface area contributed by atoms with E-state index in [1.54, 1.807) is 31.2 Å². The fourth-order valence-corrected chi connectivity index (χ4v) is 5.17. The number of hydrogen-bond donors (Lipinski definition) is 1. The van der Waals surface area contributed by atoms with Crippen LogP contribution in [0.1, 0.15) is 36.3 Å². The predicted molar refractivity (Wildman–Crippen MR) is 136 cm³/mol. The van der Waals surface area contributed by atoms with Crippen molar-refractivity contribution in [3.63, 3.8) is 0 Å². The Morgan fingerprint density at radius 3 is 2.46 bits per heavy atom. The third-order valence-corrected chi connectivity index (χ3v) is 7.17. The molecule has 0 aliphatic heterocycles. The van der Waals surface area contributed by atoms with Crippen molar-refractivity contribution in [1.29, 1.82) is 0 Å². The molecule has 0 saturated carbocycles. The lowest BCUT2D eigenvalue weighted by Gasteiger charge is -2.26. The van der Waals surface area contributed by atoms with E-state index < -0.39 is 6.36 Å². The highest BCUT2D eigenvalue weighted by Crippen LogP contribution is 2.39. The third kappa shape index (κ3) is 6.02. The van der Waals surface area contributed by atoms with Gasteiger partial charge in [-0.2, -0.15) is 0 Å². The molecule has 0 saturated heterocycles. The molecule has 37 heavy (non-hydrogen) atoms. The van der Waals surface area contributed by atoms with Gasteiger partial charge in [-0.05, 0) is 55.5 Å². The summed E-state index contributed by atoms with van der Waals surface area (Å²) in [6, 6.07) is 10.3. The van der Waals surface area contributed by atoms with Crippen LogP contribution >= 0.6 is 11.8 Å². The number of aromatic amines is 1. The van der Waals surface area contributed by atoms with Gasteiger partial charge in [-0.25, -0.2) is 0 Å². The van der Waals surface area contributed by atoms with E-state index in [-0.39, 0.29) is 40.6 Å². The number of benzene rings is 2. The first-order valence-corrected chi connectivity index (χ1v) is 12.2. The number of thioether (sulfide) groups is 1.